The van der Waals surface area contributed by atoms with Crippen LogP contribution in [0.1, 0.15) is 77.2 Å². The number of rotatable bonds is 14. The van der Waals surface area contributed by atoms with Gasteiger partial charge in [0.2, 0.25) is 0 Å². The van der Waals surface area contributed by atoms with Crippen LogP contribution in [0, 0.1) is 17.2 Å². The molecule has 0 fully saturated rings. The van der Waals surface area contributed by atoms with Crippen LogP contribution in [0.2, 0.25) is 0 Å². The van der Waals surface area contributed by atoms with Crippen molar-refractivity contribution in [2.75, 3.05) is 6.61 Å². The smallest absolute Gasteiger partial charge is 0.159 e. The van der Waals surface area contributed by atoms with Crippen LogP contribution in [0.3, 0.4) is 0 Å². The van der Waals surface area contributed by atoms with Crippen LogP contribution in [-0.4, -0.2) is 16.6 Å². The number of nitriles is 1. The minimum atomic E-state index is 0.0715. The van der Waals surface area contributed by atoms with Gasteiger partial charge in [0, 0.05) is 23.9 Å². The summed E-state index contributed by atoms with van der Waals surface area (Å²) in [5.41, 5.74) is 2.20. The summed E-state index contributed by atoms with van der Waals surface area (Å²) in [4.78, 5) is 9.08. The van der Waals surface area contributed by atoms with E-state index in [1.165, 1.54) is 50.5 Å². The van der Waals surface area contributed by atoms with E-state index in [4.69, 9.17) is 10.00 Å². The topological polar surface area (TPSA) is 58.8 Å². The van der Waals surface area contributed by atoms with Crippen molar-refractivity contribution in [3.63, 3.8) is 0 Å². The number of ether oxygens (including phenoxy) is 1. The van der Waals surface area contributed by atoms with Gasteiger partial charge in [-0.05, 0) is 55.5 Å². The highest BCUT2D eigenvalue weighted by molar-refractivity contribution is 5.55. The van der Waals surface area contributed by atoms with E-state index in [2.05, 4.69) is 23.0 Å². The van der Waals surface area contributed by atoms with Crippen LogP contribution in [-0.2, 0) is 6.42 Å². The second kappa shape index (κ2) is 13.7. The van der Waals surface area contributed by atoms with Gasteiger partial charge in [0.1, 0.15) is 5.75 Å². The van der Waals surface area contributed by atoms with Gasteiger partial charge in [0.25, 0.3) is 0 Å². The van der Waals surface area contributed by atoms with Crippen molar-refractivity contribution in [1.82, 2.24) is 9.97 Å². The van der Waals surface area contributed by atoms with Crippen molar-refractivity contribution in [1.29, 1.82) is 5.26 Å². The Morgan fingerprint density at radius 2 is 1.59 bits per heavy atom. The fraction of sp³-hybridized carbons (Fsp3) is 0.560. The zero-order valence-electron chi connectivity index (χ0n) is 18.1. The van der Waals surface area contributed by atoms with E-state index in [1.54, 1.807) is 0 Å². The first-order valence-electron chi connectivity index (χ1n) is 11.2. The Hall–Kier alpha value is -2.41. The van der Waals surface area contributed by atoms with Crippen molar-refractivity contribution < 1.29 is 4.74 Å². The first kappa shape index (κ1) is 22.9. The Morgan fingerprint density at radius 1 is 0.931 bits per heavy atom. The average Bonchev–Trinajstić information content (AvgIpc) is 2.77. The molecule has 1 heterocycles. The molecule has 29 heavy (non-hydrogen) atoms. The zero-order chi connectivity index (χ0) is 20.7. The third-order valence-corrected chi connectivity index (χ3v) is 5.30. The maximum Gasteiger partial charge on any atom is 0.159 e. The quantitative estimate of drug-likeness (QED) is 0.333. The van der Waals surface area contributed by atoms with E-state index in [0.717, 1.165) is 36.4 Å². The molecule has 4 nitrogen and oxygen atoms in total. The van der Waals surface area contributed by atoms with Crippen LogP contribution in [0.15, 0.2) is 36.7 Å². The molecular formula is C25H35N3O. The van der Waals surface area contributed by atoms with Crippen LogP contribution >= 0.6 is 0 Å². The lowest BCUT2D eigenvalue weighted by Gasteiger charge is -2.09. The number of hydrogen-bond acceptors (Lipinski definition) is 4. The van der Waals surface area contributed by atoms with E-state index in [1.807, 2.05) is 43.6 Å². The molecule has 0 saturated heterocycles. The molecule has 1 atom stereocenters. The fourth-order valence-corrected chi connectivity index (χ4v) is 3.30. The number of hydrogen-bond donors (Lipinski definition) is 0. The van der Waals surface area contributed by atoms with E-state index < -0.39 is 0 Å². The molecule has 1 unspecified atom stereocenters. The van der Waals surface area contributed by atoms with Gasteiger partial charge in [-0.15, -0.1) is 0 Å². The van der Waals surface area contributed by atoms with Crippen molar-refractivity contribution in [3.05, 3.63) is 42.2 Å². The van der Waals surface area contributed by atoms with Crippen LogP contribution in [0.5, 0.6) is 5.75 Å². The molecule has 156 valence electrons. The summed E-state index contributed by atoms with van der Waals surface area (Å²) in [7, 11) is 0. The number of aryl methyl sites for hydroxylation is 1. The minimum absolute atomic E-state index is 0.0715. The Morgan fingerprint density at radius 3 is 2.21 bits per heavy atom. The first-order chi connectivity index (χ1) is 14.3. The molecule has 1 aromatic heterocycles. The molecule has 2 aromatic rings. The molecule has 0 bridgehead atoms. The van der Waals surface area contributed by atoms with Gasteiger partial charge in [-0.25, -0.2) is 9.97 Å². The first-order valence-corrected chi connectivity index (χ1v) is 11.2. The monoisotopic (exact) mass is 393 g/mol. The molecule has 0 N–H and O–H groups in total. The Balaban J connectivity index is 1.74. The summed E-state index contributed by atoms with van der Waals surface area (Å²) in [5, 5.41) is 8.99. The lowest BCUT2D eigenvalue weighted by atomic mass is 10.1. The van der Waals surface area contributed by atoms with E-state index in [-0.39, 0.29) is 5.92 Å². The van der Waals surface area contributed by atoms with Gasteiger partial charge in [0.05, 0.1) is 12.7 Å². The van der Waals surface area contributed by atoms with E-state index in [0.29, 0.717) is 6.61 Å². The van der Waals surface area contributed by atoms with Crippen molar-refractivity contribution in [2.24, 2.45) is 5.92 Å². The molecular weight excluding hydrogens is 358 g/mol. The summed E-state index contributed by atoms with van der Waals surface area (Å²) in [6, 6.07) is 10.2. The largest absolute Gasteiger partial charge is 0.494 e. The molecule has 0 amide bonds. The van der Waals surface area contributed by atoms with Crippen LogP contribution < -0.4 is 4.74 Å². The molecule has 1 aromatic carbocycles. The van der Waals surface area contributed by atoms with Crippen molar-refractivity contribution in [2.45, 2.75) is 78.1 Å². The lowest BCUT2D eigenvalue weighted by Crippen LogP contribution is -2.04. The number of aromatic nitrogens is 2. The van der Waals surface area contributed by atoms with Crippen LogP contribution in [0.25, 0.3) is 11.4 Å². The Labute approximate surface area is 176 Å². The van der Waals surface area contributed by atoms with Gasteiger partial charge in [-0.1, -0.05) is 52.4 Å². The van der Waals surface area contributed by atoms with E-state index >= 15 is 0 Å². The molecule has 0 spiro atoms. The minimum Gasteiger partial charge on any atom is -0.494 e. The lowest BCUT2D eigenvalue weighted by molar-refractivity contribution is 0.291. The second-order valence-corrected chi connectivity index (χ2v) is 7.68. The van der Waals surface area contributed by atoms with Gasteiger partial charge in [0.15, 0.2) is 5.82 Å². The fourth-order valence-electron chi connectivity index (χ4n) is 3.30. The Kier molecular flexibility index (Phi) is 10.8. The molecule has 0 aliphatic rings. The SMILES string of the molecule is CCCCCCCCCc1cnc(-c2ccc(OCCC(C#N)CC)cc2)nc1. The van der Waals surface area contributed by atoms with Gasteiger partial charge >= 0.3 is 0 Å². The highest BCUT2D eigenvalue weighted by Gasteiger charge is 2.06. The maximum atomic E-state index is 8.99. The highest BCUT2D eigenvalue weighted by Crippen LogP contribution is 2.20. The van der Waals surface area contributed by atoms with Crippen molar-refractivity contribution in [3.8, 4) is 23.2 Å². The molecule has 0 saturated carbocycles. The van der Waals surface area contributed by atoms with Gasteiger partial charge in [-0.3, -0.25) is 0 Å². The highest BCUT2D eigenvalue weighted by atomic mass is 16.5. The van der Waals surface area contributed by atoms with Crippen LogP contribution in [0.4, 0.5) is 0 Å². The van der Waals surface area contributed by atoms with Gasteiger partial charge in [-0.2, -0.15) is 5.26 Å². The molecule has 0 aliphatic carbocycles. The van der Waals surface area contributed by atoms with Gasteiger partial charge < -0.3 is 4.74 Å². The predicted molar refractivity (Wildman–Crippen MR) is 119 cm³/mol. The van der Waals surface area contributed by atoms with E-state index in [9.17, 15) is 0 Å². The normalized spacial score (nSPS) is 11.8. The average molecular weight is 394 g/mol. The maximum absolute atomic E-state index is 8.99. The molecule has 4 heteroatoms. The van der Waals surface area contributed by atoms with Crippen molar-refractivity contribution >= 4 is 0 Å². The predicted octanol–water partition coefficient (Wildman–Crippen LogP) is 6.76. The number of benzene rings is 1. The summed E-state index contributed by atoms with van der Waals surface area (Å²) in [6.45, 7) is 4.85. The standard InChI is InChI=1S/C25H35N3O/c1-3-5-6-7-8-9-10-11-22-19-27-25(28-20-22)23-12-14-24(15-13-23)29-17-16-21(4-2)18-26/h12-15,19-21H,3-11,16-17H2,1-2H3. The third kappa shape index (κ3) is 8.64. The molecule has 0 aliphatic heterocycles. The summed E-state index contributed by atoms with van der Waals surface area (Å²) in [5.74, 6) is 1.63. The number of nitrogens with zero attached hydrogens (tertiary/aromatic N) is 3. The summed E-state index contributed by atoms with van der Waals surface area (Å²) in [6.07, 6.45) is 15.8. The molecule has 0 radical (unpaired) electrons. The Bertz CT molecular complexity index is 719. The molecule has 2 rings (SSSR count). The third-order valence-electron chi connectivity index (χ3n) is 5.30. The summed E-state index contributed by atoms with van der Waals surface area (Å²) < 4.78 is 5.74. The zero-order valence-corrected chi connectivity index (χ0v) is 18.1. The number of unbranched alkanes of at least 4 members (excludes halogenated alkanes) is 6. The second-order valence-electron chi connectivity index (χ2n) is 7.68. The summed E-state index contributed by atoms with van der Waals surface area (Å²) >= 11 is 0.